The van der Waals surface area contributed by atoms with Crippen molar-refractivity contribution in [3.63, 3.8) is 0 Å². The molecule has 31 heavy (non-hydrogen) atoms. The number of likely N-dealkylation sites (tertiary alicyclic amines) is 1. The Hall–Kier alpha value is -2.32. The van der Waals surface area contributed by atoms with Gasteiger partial charge in [0.05, 0.1) is 5.69 Å². The molecule has 5 rings (SSSR count). The fourth-order valence-electron chi connectivity index (χ4n) is 5.02. The van der Waals surface area contributed by atoms with E-state index in [-0.39, 0.29) is 17.7 Å². The van der Waals surface area contributed by atoms with Crippen molar-refractivity contribution in [2.24, 2.45) is 0 Å². The molecule has 2 fully saturated rings. The van der Waals surface area contributed by atoms with E-state index in [9.17, 15) is 0 Å². The summed E-state index contributed by atoms with van der Waals surface area (Å²) in [7, 11) is 0. The highest BCUT2D eigenvalue weighted by atomic mass is 19.1. The number of hydrogen-bond donors (Lipinski definition) is 1. The fraction of sp³-hybridized carbons (Fsp3) is 0.609. The maximum absolute atomic E-state index is 15.0. The van der Waals surface area contributed by atoms with Crippen molar-refractivity contribution in [1.29, 1.82) is 0 Å². The van der Waals surface area contributed by atoms with Crippen LogP contribution < -0.4 is 5.32 Å². The number of rotatable bonds is 4. The number of nitrogens with zero attached hydrogens (tertiary/aromatic N) is 5. The van der Waals surface area contributed by atoms with Gasteiger partial charge in [-0.2, -0.15) is 14.8 Å². The molecule has 0 atom stereocenters. The molecule has 1 N–H and O–H groups in total. The summed E-state index contributed by atoms with van der Waals surface area (Å²) in [6.07, 6.45) is 4.47. The first-order valence-electron chi connectivity index (χ1n) is 11.5. The maximum Gasteiger partial charge on any atom is 0.291 e. The molecule has 0 unspecified atom stereocenters. The third kappa shape index (κ3) is 3.76. The standard InChI is InChI=1S/C23H31FN6O/c1-14(2)20-18-5-4-15(3)19(24)21(18)30(27-20)23-26-22(31-28-23)16-8-12-29(13-9-16)17-6-10-25-11-7-17/h4-5,14,16-17,25H,6-13H2,1-3H3. The lowest BCUT2D eigenvalue weighted by molar-refractivity contribution is 0.120. The minimum Gasteiger partial charge on any atom is -0.337 e. The molecule has 0 aliphatic carbocycles. The van der Waals surface area contributed by atoms with Gasteiger partial charge in [0.1, 0.15) is 5.52 Å². The maximum atomic E-state index is 15.0. The number of halogens is 1. The summed E-state index contributed by atoms with van der Waals surface area (Å²) in [5, 5.41) is 13.1. The highest BCUT2D eigenvalue weighted by molar-refractivity contribution is 5.84. The van der Waals surface area contributed by atoms with Gasteiger partial charge < -0.3 is 14.7 Å². The summed E-state index contributed by atoms with van der Waals surface area (Å²) in [4.78, 5) is 7.28. The Bertz CT molecular complexity index is 1060. The highest BCUT2D eigenvalue weighted by Crippen LogP contribution is 2.32. The molecule has 0 saturated carbocycles. The molecule has 8 heteroatoms. The lowest BCUT2D eigenvalue weighted by atomic mass is 9.94. The Morgan fingerprint density at radius 3 is 2.58 bits per heavy atom. The molecular weight excluding hydrogens is 395 g/mol. The zero-order valence-corrected chi connectivity index (χ0v) is 18.6. The van der Waals surface area contributed by atoms with Gasteiger partial charge in [-0.3, -0.25) is 0 Å². The first-order chi connectivity index (χ1) is 15.0. The fourth-order valence-corrected chi connectivity index (χ4v) is 5.02. The molecular formula is C23H31FN6O. The second kappa shape index (κ2) is 8.31. The number of nitrogens with one attached hydrogen (secondary N) is 1. The van der Waals surface area contributed by atoms with E-state index < -0.39 is 0 Å². The normalized spacial score (nSPS) is 19.6. The second-order valence-electron chi connectivity index (χ2n) is 9.27. The molecule has 2 aliphatic heterocycles. The van der Waals surface area contributed by atoms with E-state index in [4.69, 9.17) is 4.52 Å². The lowest BCUT2D eigenvalue weighted by Gasteiger charge is -2.38. The Morgan fingerprint density at radius 1 is 1.13 bits per heavy atom. The van der Waals surface area contributed by atoms with Crippen LogP contribution in [0.4, 0.5) is 4.39 Å². The lowest BCUT2D eigenvalue weighted by Crippen LogP contribution is -2.46. The molecule has 7 nitrogen and oxygen atoms in total. The van der Waals surface area contributed by atoms with Gasteiger partial charge in [-0.25, -0.2) is 4.39 Å². The Balaban J connectivity index is 1.39. The summed E-state index contributed by atoms with van der Waals surface area (Å²) < 4.78 is 22.2. The molecule has 2 aliphatic rings. The minimum absolute atomic E-state index is 0.163. The van der Waals surface area contributed by atoms with Crippen LogP contribution in [-0.4, -0.2) is 57.0 Å². The van der Waals surface area contributed by atoms with Crippen molar-refractivity contribution in [2.75, 3.05) is 26.2 Å². The van der Waals surface area contributed by atoms with E-state index in [2.05, 4.69) is 39.3 Å². The van der Waals surface area contributed by atoms with Gasteiger partial charge in [-0.1, -0.05) is 26.0 Å². The summed E-state index contributed by atoms with van der Waals surface area (Å²) in [5.74, 6) is 1.09. The first kappa shape index (κ1) is 20.6. The third-order valence-corrected chi connectivity index (χ3v) is 6.88. The predicted molar refractivity (Wildman–Crippen MR) is 117 cm³/mol. The van der Waals surface area contributed by atoms with Crippen molar-refractivity contribution < 1.29 is 8.91 Å². The molecule has 2 saturated heterocycles. The van der Waals surface area contributed by atoms with Crippen molar-refractivity contribution >= 4 is 10.9 Å². The number of hydrogen-bond acceptors (Lipinski definition) is 6. The Labute approximate surface area is 182 Å². The molecule has 2 aromatic heterocycles. The summed E-state index contributed by atoms with van der Waals surface area (Å²) in [6.45, 7) is 10.2. The van der Waals surface area contributed by atoms with Crippen molar-refractivity contribution in [3.8, 4) is 5.95 Å². The van der Waals surface area contributed by atoms with Gasteiger partial charge in [0, 0.05) is 17.3 Å². The Morgan fingerprint density at radius 2 is 1.87 bits per heavy atom. The van der Waals surface area contributed by atoms with E-state index in [1.165, 1.54) is 17.5 Å². The van der Waals surface area contributed by atoms with Crippen LogP contribution in [0.1, 0.15) is 68.5 Å². The van der Waals surface area contributed by atoms with Crippen LogP contribution >= 0.6 is 0 Å². The smallest absolute Gasteiger partial charge is 0.291 e. The number of benzene rings is 1. The average molecular weight is 427 g/mol. The molecule has 3 aromatic rings. The van der Waals surface area contributed by atoms with E-state index in [1.807, 2.05) is 6.07 Å². The molecule has 0 radical (unpaired) electrons. The zero-order chi connectivity index (χ0) is 21.5. The van der Waals surface area contributed by atoms with Gasteiger partial charge in [-0.05, 0) is 75.4 Å². The van der Waals surface area contributed by atoms with Gasteiger partial charge in [-0.15, -0.1) is 0 Å². The molecule has 0 spiro atoms. The van der Waals surface area contributed by atoms with Crippen LogP contribution in [0, 0.1) is 12.7 Å². The topological polar surface area (TPSA) is 72.0 Å². The quantitative estimate of drug-likeness (QED) is 0.682. The second-order valence-corrected chi connectivity index (χ2v) is 9.27. The number of piperidine rings is 2. The third-order valence-electron chi connectivity index (χ3n) is 6.88. The Kier molecular flexibility index (Phi) is 5.52. The van der Waals surface area contributed by atoms with Crippen molar-refractivity contribution in [1.82, 2.24) is 30.1 Å². The van der Waals surface area contributed by atoms with Crippen molar-refractivity contribution in [3.05, 3.63) is 35.1 Å². The summed E-state index contributed by atoms with van der Waals surface area (Å²) in [5.41, 5.74) is 1.85. The van der Waals surface area contributed by atoms with Crippen LogP contribution in [0.25, 0.3) is 16.9 Å². The van der Waals surface area contributed by atoms with Crippen LogP contribution in [0.2, 0.25) is 0 Å². The van der Waals surface area contributed by atoms with Crippen molar-refractivity contribution in [2.45, 2.75) is 64.3 Å². The predicted octanol–water partition coefficient (Wildman–Crippen LogP) is 3.91. The first-order valence-corrected chi connectivity index (χ1v) is 11.5. The van der Waals surface area contributed by atoms with Crippen LogP contribution in [0.5, 0.6) is 0 Å². The van der Waals surface area contributed by atoms with E-state index in [0.29, 0.717) is 29.0 Å². The molecule has 166 valence electrons. The van der Waals surface area contributed by atoms with E-state index >= 15 is 4.39 Å². The molecule has 0 bridgehead atoms. The highest BCUT2D eigenvalue weighted by Gasteiger charge is 2.30. The van der Waals surface area contributed by atoms with Gasteiger partial charge in [0.2, 0.25) is 5.89 Å². The average Bonchev–Trinajstić information content (AvgIpc) is 3.42. The van der Waals surface area contributed by atoms with E-state index in [0.717, 1.165) is 50.1 Å². The summed E-state index contributed by atoms with van der Waals surface area (Å²) >= 11 is 0. The zero-order valence-electron chi connectivity index (χ0n) is 18.6. The monoisotopic (exact) mass is 426 g/mol. The van der Waals surface area contributed by atoms with Gasteiger partial charge in [0.25, 0.3) is 5.95 Å². The molecule has 0 amide bonds. The number of aromatic nitrogens is 4. The van der Waals surface area contributed by atoms with E-state index in [1.54, 1.807) is 13.0 Å². The van der Waals surface area contributed by atoms with Gasteiger partial charge >= 0.3 is 0 Å². The number of aryl methyl sites for hydroxylation is 1. The number of fused-ring (bicyclic) bond motifs is 1. The van der Waals surface area contributed by atoms with Crippen LogP contribution in [-0.2, 0) is 0 Å². The van der Waals surface area contributed by atoms with Gasteiger partial charge in [0.15, 0.2) is 5.82 Å². The molecule has 4 heterocycles. The molecule has 1 aromatic carbocycles. The van der Waals surface area contributed by atoms with Crippen LogP contribution in [0.3, 0.4) is 0 Å². The van der Waals surface area contributed by atoms with Crippen LogP contribution in [0.15, 0.2) is 16.7 Å². The SMILES string of the molecule is Cc1ccc2c(C(C)C)nn(-c3noc(C4CCN(C5CCNCC5)CC4)n3)c2c1F. The largest absolute Gasteiger partial charge is 0.337 e. The minimum atomic E-state index is -0.279. The summed E-state index contributed by atoms with van der Waals surface area (Å²) in [6, 6.07) is 4.42.